The number of H-pyrrole nitrogens is 2. The van der Waals surface area contributed by atoms with Crippen molar-refractivity contribution in [3.63, 3.8) is 0 Å². The average Bonchev–Trinajstić information content (AvgIpc) is 3.40. The van der Waals surface area contributed by atoms with Crippen molar-refractivity contribution in [2.45, 2.75) is 43.8 Å². The number of ether oxygens (including phenoxy) is 2. The number of aromatic amines is 2. The summed E-state index contributed by atoms with van der Waals surface area (Å²) in [5.41, 5.74) is 18.1. The molecule has 0 aliphatic heterocycles. The second-order valence-corrected chi connectivity index (χ2v) is 6.45. The third kappa shape index (κ3) is 7.20. The van der Waals surface area contributed by atoms with E-state index in [9.17, 15) is 19.2 Å². The van der Waals surface area contributed by atoms with Gasteiger partial charge in [0.15, 0.2) is 0 Å². The van der Waals surface area contributed by atoms with Crippen molar-refractivity contribution >= 4 is 23.9 Å². The number of nitrogens with two attached hydrogens (primary N) is 3. The Hall–Kier alpha value is -3.42. The first-order chi connectivity index (χ1) is 14.3. The van der Waals surface area contributed by atoms with Gasteiger partial charge in [0.05, 0.1) is 12.7 Å². The van der Waals surface area contributed by atoms with Crippen molar-refractivity contribution in [2.24, 2.45) is 17.2 Å². The predicted molar refractivity (Wildman–Crippen MR) is 99.9 cm³/mol. The summed E-state index contributed by atoms with van der Waals surface area (Å²) >= 11 is 0. The fraction of sp³-hybridized carbons (Fsp3) is 0.412. The number of nitrogens with one attached hydrogen (secondary N) is 2. The van der Waals surface area contributed by atoms with Crippen LogP contribution >= 0.6 is 0 Å². The summed E-state index contributed by atoms with van der Waals surface area (Å²) < 4.78 is 9.25. The largest absolute Gasteiger partial charge is 0.392 e. The van der Waals surface area contributed by atoms with Gasteiger partial charge in [0.1, 0.15) is 18.1 Å². The topological polar surface area (TPSA) is 222 Å². The van der Waals surface area contributed by atoms with Gasteiger partial charge in [-0.15, -0.1) is 0 Å². The highest BCUT2D eigenvalue weighted by Crippen LogP contribution is 2.04. The lowest BCUT2D eigenvalue weighted by Gasteiger charge is -2.13. The summed E-state index contributed by atoms with van der Waals surface area (Å²) in [5.74, 6) is -3.85. The van der Waals surface area contributed by atoms with Crippen LogP contribution in [-0.4, -0.2) is 61.9 Å². The highest BCUT2D eigenvalue weighted by molar-refractivity contribution is 5.91. The second kappa shape index (κ2) is 10.9. The van der Waals surface area contributed by atoms with E-state index in [1.165, 1.54) is 25.0 Å². The van der Waals surface area contributed by atoms with Crippen LogP contribution in [-0.2, 0) is 41.5 Å². The molecular formula is C17H23N7O6. The van der Waals surface area contributed by atoms with Crippen molar-refractivity contribution in [2.75, 3.05) is 0 Å². The van der Waals surface area contributed by atoms with Crippen LogP contribution in [0.15, 0.2) is 25.0 Å². The summed E-state index contributed by atoms with van der Waals surface area (Å²) in [4.78, 5) is 60.4. The first kappa shape index (κ1) is 22.9. The van der Waals surface area contributed by atoms with Gasteiger partial charge in [0.25, 0.3) is 0 Å². The van der Waals surface area contributed by atoms with Gasteiger partial charge in [-0.1, -0.05) is 0 Å². The normalized spacial score (nSPS) is 13.8. The number of carbonyl (C=O) groups excluding carboxylic acids is 4. The van der Waals surface area contributed by atoms with Crippen LogP contribution in [0.4, 0.5) is 0 Å². The minimum absolute atomic E-state index is 0.0919. The van der Waals surface area contributed by atoms with Gasteiger partial charge in [-0.3, -0.25) is 4.79 Å². The highest BCUT2D eigenvalue weighted by atomic mass is 16.6. The molecular weight excluding hydrogens is 398 g/mol. The number of hydrogen-bond acceptors (Lipinski definition) is 11. The average molecular weight is 421 g/mol. The fourth-order valence-corrected chi connectivity index (χ4v) is 2.31. The molecule has 0 fully saturated rings. The molecule has 0 spiro atoms. The van der Waals surface area contributed by atoms with Gasteiger partial charge in [-0.05, 0) is 6.42 Å². The summed E-state index contributed by atoms with van der Waals surface area (Å²) in [6.07, 6.45) is 5.46. The molecule has 3 atom stereocenters. The van der Waals surface area contributed by atoms with Crippen LogP contribution in [0, 0.1) is 0 Å². The molecule has 13 heteroatoms. The molecule has 0 aromatic carbocycles. The number of esters is 4. The van der Waals surface area contributed by atoms with Crippen LogP contribution in [0.2, 0.25) is 0 Å². The van der Waals surface area contributed by atoms with E-state index in [1.54, 1.807) is 0 Å². The van der Waals surface area contributed by atoms with E-state index in [0.717, 1.165) is 0 Å². The second-order valence-electron chi connectivity index (χ2n) is 6.45. The van der Waals surface area contributed by atoms with E-state index in [0.29, 0.717) is 11.4 Å². The van der Waals surface area contributed by atoms with Crippen molar-refractivity contribution in [1.82, 2.24) is 19.9 Å². The third-order valence-corrected chi connectivity index (χ3v) is 3.97. The van der Waals surface area contributed by atoms with Crippen molar-refractivity contribution in [3.8, 4) is 0 Å². The molecule has 0 unspecified atom stereocenters. The Bertz CT molecular complexity index is 852. The number of nitrogens with zero attached hydrogens (tertiary/aromatic N) is 2. The Kier molecular flexibility index (Phi) is 8.34. The number of hydrogen-bond donors (Lipinski definition) is 5. The summed E-state index contributed by atoms with van der Waals surface area (Å²) in [7, 11) is 0. The molecule has 0 saturated carbocycles. The molecule has 2 aromatic heterocycles. The zero-order chi connectivity index (χ0) is 22.1. The van der Waals surface area contributed by atoms with Gasteiger partial charge in [-0.2, -0.15) is 0 Å². The first-order valence-corrected chi connectivity index (χ1v) is 8.97. The van der Waals surface area contributed by atoms with Crippen molar-refractivity contribution < 1.29 is 28.7 Å². The van der Waals surface area contributed by atoms with Gasteiger partial charge in [-0.25, -0.2) is 24.4 Å². The van der Waals surface area contributed by atoms with E-state index >= 15 is 0 Å². The van der Waals surface area contributed by atoms with Crippen LogP contribution in [0.3, 0.4) is 0 Å². The summed E-state index contributed by atoms with van der Waals surface area (Å²) in [6.45, 7) is 0. The SMILES string of the molecule is N[C@@H](Cc1cnc[nH]1)C(=O)OC(=O)CC[C@H](N)C(=O)OC(=O)[C@@H](N)Cc1cnc[nH]1. The number of rotatable bonds is 10. The molecule has 0 saturated heterocycles. The number of aromatic nitrogens is 4. The molecule has 8 N–H and O–H groups in total. The molecule has 2 aromatic rings. The lowest BCUT2D eigenvalue weighted by Crippen LogP contribution is -2.41. The smallest absolute Gasteiger partial charge is 0.330 e. The molecule has 0 bridgehead atoms. The maximum Gasteiger partial charge on any atom is 0.330 e. The number of carbonyl (C=O) groups is 4. The summed E-state index contributed by atoms with van der Waals surface area (Å²) in [5, 5.41) is 0. The van der Waals surface area contributed by atoms with Crippen LogP contribution in [0.1, 0.15) is 24.2 Å². The maximum atomic E-state index is 11.9. The molecule has 0 aliphatic rings. The molecule has 0 radical (unpaired) electrons. The quantitative estimate of drug-likeness (QED) is 0.205. The first-order valence-electron chi connectivity index (χ1n) is 8.97. The Morgan fingerprint density at radius 1 is 0.800 bits per heavy atom. The van der Waals surface area contributed by atoms with Crippen LogP contribution < -0.4 is 17.2 Å². The third-order valence-electron chi connectivity index (χ3n) is 3.97. The van der Waals surface area contributed by atoms with E-state index in [2.05, 4.69) is 29.4 Å². The Morgan fingerprint density at radius 3 is 1.73 bits per heavy atom. The highest BCUT2D eigenvalue weighted by Gasteiger charge is 2.25. The van der Waals surface area contributed by atoms with E-state index in [1.807, 2.05) is 0 Å². The molecule has 2 rings (SSSR count). The molecule has 0 aliphatic carbocycles. The molecule has 30 heavy (non-hydrogen) atoms. The van der Waals surface area contributed by atoms with Gasteiger partial charge in [0.2, 0.25) is 0 Å². The predicted octanol–water partition coefficient (Wildman–Crippen LogP) is -2.18. The molecule has 0 amide bonds. The minimum atomic E-state index is -1.28. The lowest BCUT2D eigenvalue weighted by molar-refractivity contribution is -0.161. The molecule has 13 nitrogen and oxygen atoms in total. The van der Waals surface area contributed by atoms with Gasteiger partial charge >= 0.3 is 23.9 Å². The van der Waals surface area contributed by atoms with Crippen molar-refractivity contribution in [3.05, 3.63) is 36.4 Å². The Labute approximate surface area is 170 Å². The summed E-state index contributed by atoms with van der Waals surface area (Å²) in [6, 6.07) is -3.45. The van der Waals surface area contributed by atoms with E-state index < -0.39 is 42.0 Å². The van der Waals surface area contributed by atoms with Crippen molar-refractivity contribution in [1.29, 1.82) is 0 Å². The zero-order valence-electron chi connectivity index (χ0n) is 15.9. The monoisotopic (exact) mass is 421 g/mol. The van der Waals surface area contributed by atoms with Crippen LogP contribution in [0.5, 0.6) is 0 Å². The Balaban J connectivity index is 1.69. The van der Waals surface area contributed by atoms with Gasteiger partial charge < -0.3 is 36.6 Å². The zero-order valence-corrected chi connectivity index (χ0v) is 15.9. The van der Waals surface area contributed by atoms with E-state index in [-0.39, 0.29) is 25.7 Å². The standard InChI is InChI=1S/C17H23N7O6/c18-11(15(26)30-17(28)13(20)4-10-6-22-8-24-10)1-2-14(25)29-16(27)12(19)3-9-5-21-7-23-9/h5-8,11-13H,1-4,18-20H2,(H,21,23)(H,22,24)/t11-,12-,13-/m0/s1. The molecule has 2 heterocycles. The van der Waals surface area contributed by atoms with E-state index in [4.69, 9.17) is 17.2 Å². The Morgan fingerprint density at radius 2 is 1.27 bits per heavy atom. The number of imidazole rings is 2. The minimum Gasteiger partial charge on any atom is -0.392 e. The fourth-order valence-electron chi connectivity index (χ4n) is 2.31. The van der Waals surface area contributed by atoms with Gasteiger partial charge in [0, 0.05) is 43.0 Å². The molecule has 162 valence electrons. The maximum absolute atomic E-state index is 11.9. The van der Waals surface area contributed by atoms with Crippen LogP contribution in [0.25, 0.3) is 0 Å². The lowest BCUT2D eigenvalue weighted by atomic mass is 10.1.